The molecule has 0 aromatic heterocycles. The maximum Gasteiger partial charge on any atom is 0.0331 e. The van der Waals surface area contributed by atoms with Crippen molar-refractivity contribution in [3.8, 4) is 0 Å². The van der Waals surface area contributed by atoms with E-state index in [4.69, 9.17) is 0 Å². The quantitative estimate of drug-likeness (QED) is 0.811. The Bertz CT molecular complexity index is 381. The van der Waals surface area contributed by atoms with Crippen molar-refractivity contribution in [2.75, 3.05) is 6.54 Å². The van der Waals surface area contributed by atoms with Crippen LogP contribution in [0.4, 0.5) is 0 Å². The van der Waals surface area contributed by atoms with E-state index in [1.54, 1.807) is 11.1 Å². The average molecular weight is 217 g/mol. The summed E-state index contributed by atoms with van der Waals surface area (Å²) in [6, 6.07) is 5.13. The predicted octanol–water partition coefficient (Wildman–Crippen LogP) is 3.85. The van der Waals surface area contributed by atoms with Crippen LogP contribution in [0.3, 0.4) is 0 Å². The second-order valence-corrected chi connectivity index (χ2v) is 5.17. The van der Waals surface area contributed by atoms with E-state index in [0.717, 1.165) is 6.54 Å². The highest BCUT2D eigenvalue weighted by molar-refractivity contribution is 5.47. The second-order valence-electron chi connectivity index (χ2n) is 5.17. The number of hydrogen-bond donors (Lipinski definition) is 1. The molecule has 1 heteroatoms. The lowest BCUT2D eigenvalue weighted by Crippen LogP contribution is -2.20. The Morgan fingerprint density at radius 2 is 1.81 bits per heavy atom. The van der Waals surface area contributed by atoms with Crippen molar-refractivity contribution in [3.63, 3.8) is 0 Å². The Hall–Kier alpha value is -0.820. The standard InChI is InChI=1S/C15H23N/c1-5-8-16-13-9-12(4)14-10(2)6-7-11(3)15(13)14/h6-7,12-13,16H,5,8-9H2,1-4H3. The Morgan fingerprint density at radius 3 is 2.44 bits per heavy atom. The summed E-state index contributed by atoms with van der Waals surface area (Å²) in [6.45, 7) is 10.2. The van der Waals surface area contributed by atoms with Gasteiger partial charge in [0.2, 0.25) is 0 Å². The highest BCUT2D eigenvalue weighted by Gasteiger charge is 2.30. The van der Waals surface area contributed by atoms with Gasteiger partial charge in [-0.1, -0.05) is 26.0 Å². The van der Waals surface area contributed by atoms with Gasteiger partial charge in [0.05, 0.1) is 0 Å². The van der Waals surface area contributed by atoms with Crippen LogP contribution >= 0.6 is 0 Å². The molecule has 0 fully saturated rings. The average Bonchev–Trinajstić information content (AvgIpc) is 2.59. The fourth-order valence-corrected chi connectivity index (χ4v) is 3.06. The lowest BCUT2D eigenvalue weighted by atomic mass is 9.95. The van der Waals surface area contributed by atoms with Crippen LogP contribution in [0.5, 0.6) is 0 Å². The second kappa shape index (κ2) is 4.58. The molecule has 1 N–H and O–H groups in total. The molecule has 0 saturated carbocycles. The molecule has 16 heavy (non-hydrogen) atoms. The third kappa shape index (κ3) is 1.89. The molecule has 88 valence electrons. The molecule has 1 aliphatic carbocycles. The minimum atomic E-state index is 0.588. The molecule has 0 aliphatic heterocycles. The van der Waals surface area contributed by atoms with Gasteiger partial charge < -0.3 is 5.32 Å². The summed E-state index contributed by atoms with van der Waals surface area (Å²) in [7, 11) is 0. The van der Waals surface area contributed by atoms with E-state index in [-0.39, 0.29) is 0 Å². The molecule has 0 spiro atoms. The van der Waals surface area contributed by atoms with E-state index in [1.807, 2.05) is 0 Å². The highest BCUT2D eigenvalue weighted by Crippen LogP contribution is 2.43. The van der Waals surface area contributed by atoms with Gasteiger partial charge in [-0.15, -0.1) is 0 Å². The number of benzene rings is 1. The van der Waals surface area contributed by atoms with E-state index in [0.29, 0.717) is 12.0 Å². The van der Waals surface area contributed by atoms with Crippen LogP contribution in [0.2, 0.25) is 0 Å². The molecule has 0 heterocycles. The van der Waals surface area contributed by atoms with E-state index < -0.39 is 0 Å². The Labute approximate surface area is 99.3 Å². The van der Waals surface area contributed by atoms with Gasteiger partial charge in [-0.3, -0.25) is 0 Å². The van der Waals surface area contributed by atoms with Crippen molar-refractivity contribution in [1.29, 1.82) is 0 Å². The van der Waals surface area contributed by atoms with Crippen molar-refractivity contribution in [3.05, 3.63) is 34.4 Å². The van der Waals surface area contributed by atoms with Gasteiger partial charge in [-0.2, -0.15) is 0 Å². The first kappa shape index (κ1) is 11.7. The van der Waals surface area contributed by atoms with Crippen molar-refractivity contribution in [2.45, 2.75) is 52.5 Å². The van der Waals surface area contributed by atoms with E-state index in [2.05, 4.69) is 45.1 Å². The zero-order valence-corrected chi connectivity index (χ0v) is 10.9. The summed E-state index contributed by atoms with van der Waals surface area (Å²) in [5, 5.41) is 3.69. The number of nitrogens with one attached hydrogen (secondary N) is 1. The maximum absolute atomic E-state index is 3.69. The lowest BCUT2D eigenvalue weighted by molar-refractivity contribution is 0.504. The first-order valence-corrected chi connectivity index (χ1v) is 6.48. The molecule has 1 aromatic rings. The zero-order valence-electron chi connectivity index (χ0n) is 10.9. The van der Waals surface area contributed by atoms with Crippen LogP contribution < -0.4 is 5.32 Å². The smallest absolute Gasteiger partial charge is 0.0331 e. The molecule has 0 amide bonds. The Kier molecular flexibility index (Phi) is 3.34. The fourth-order valence-electron chi connectivity index (χ4n) is 3.06. The molecular formula is C15H23N. The van der Waals surface area contributed by atoms with Gasteiger partial charge in [0.25, 0.3) is 0 Å². The summed E-state index contributed by atoms with van der Waals surface area (Å²) in [4.78, 5) is 0. The minimum absolute atomic E-state index is 0.588. The Morgan fingerprint density at radius 1 is 1.19 bits per heavy atom. The largest absolute Gasteiger partial charge is 0.310 e. The highest BCUT2D eigenvalue weighted by atomic mass is 14.9. The third-order valence-electron chi connectivity index (χ3n) is 3.79. The first-order valence-electron chi connectivity index (χ1n) is 6.48. The fraction of sp³-hybridized carbons (Fsp3) is 0.600. The molecule has 2 atom stereocenters. The molecular weight excluding hydrogens is 194 g/mol. The molecule has 0 radical (unpaired) electrons. The summed E-state index contributed by atoms with van der Waals surface area (Å²) < 4.78 is 0. The summed E-state index contributed by atoms with van der Waals surface area (Å²) in [5.41, 5.74) is 6.11. The van der Waals surface area contributed by atoms with Crippen molar-refractivity contribution >= 4 is 0 Å². The van der Waals surface area contributed by atoms with Crippen LogP contribution in [0.25, 0.3) is 0 Å². The molecule has 1 aromatic carbocycles. The van der Waals surface area contributed by atoms with Crippen molar-refractivity contribution in [2.24, 2.45) is 0 Å². The first-order chi connectivity index (χ1) is 7.65. The number of aryl methyl sites for hydroxylation is 2. The monoisotopic (exact) mass is 217 g/mol. The van der Waals surface area contributed by atoms with Gasteiger partial charge in [0, 0.05) is 6.04 Å². The summed E-state index contributed by atoms with van der Waals surface area (Å²) >= 11 is 0. The van der Waals surface area contributed by atoms with Crippen LogP contribution in [0.1, 0.15) is 60.9 Å². The minimum Gasteiger partial charge on any atom is -0.310 e. The van der Waals surface area contributed by atoms with Gasteiger partial charge in [-0.05, 0) is 61.4 Å². The molecule has 1 aliphatic rings. The van der Waals surface area contributed by atoms with Gasteiger partial charge in [-0.25, -0.2) is 0 Å². The van der Waals surface area contributed by atoms with Crippen LogP contribution in [0.15, 0.2) is 12.1 Å². The van der Waals surface area contributed by atoms with Gasteiger partial charge in [0.1, 0.15) is 0 Å². The maximum atomic E-state index is 3.69. The molecule has 2 unspecified atom stereocenters. The molecule has 0 bridgehead atoms. The SMILES string of the molecule is CCCNC1CC(C)c2c(C)ccc(C)c21. The van der Waals surface area contributed by atoms with Crippen molar-refractivity contribution in [1.82, 2.24) is 5.32 Å². The summed E-state index contributed by atoms with van der Waals surface area (Å²) in [5.74, 6) is 0.712. The normalized spacial score (nSPS) is 23.5. The van der Waals surface area contributed by atoms with Crippen molar-refractivity contribution < 1.29 is 0 Å². The lowest BCUT2D eigenvalue weighted by Gasteiger charge is -2.16. The third-order valence-corrected chi connectivity index (χ3v) is 3.79. The predicted molar refractivity (Wildman–Crippen MR) is 70.0 cm³/mol. The van der Waals surface area contributed by atoms with E-state index >= 15 is 0 Å². The number of rotatable bonds is 3. The molecule has 1 nitrogen and oxygen atoms in total. The molecule has 0 saturated heterocycles. The number of hydrogen-bond acceptors (Lipinski definition) is 1. The summed E-state index contributed by atoms with van der Waals surface area (Å²) in [6.07, 6.45) is 2.48. The molecule has 2 rings (SSSR count). The zero-order chi connectivity index (χ0) is 11.7. The van der Waals surface area contributed by atoms with Crippen LogP contribution in [0, 0.1) is 13.8 Å². The Balaban J connectivity index is 2.36. The van der Waals surface area contributed by atoms with E-state index in [1.165, 1.54) is 24.0 Å². The topological polar surface area (TPSA) is 12.0 Å². The van der Waals surface area contributed by atoms with Crippen LogP contribution in [-0.4, -0.2) is 6.54 Å². The number of fused-ring (bicyclic) bond motifs is 1. The van der Waals surface area contributed by atoms with E-state index in [9.17, 15) is 0 Å². The van der Waals surface area contributed by atoms with Gasteiger partial charge >= 0.3 is 0 Å². The van der Waals surface area contributed by atoms with Crippen LogP contribution in [-0.2, 0) is 0 Å². The van der Waals surface area contributed by atoms with Gasteiger partial charge in [0.15, 0.2) is 0 Å².